The van der Waals surface area contributed by atoms with Gasteiger partial charge < -0.3 is 10.1 Å². The van der Waals surface area contributed by atoms with Crippen LogP contribution < -0.4 is 10.1 Å². The van der Waals surface area contributed by atoms with E-state index >= 15 is 0 Å². The number of benzene rings is 2. The highest BCUT2D eigenvalue weighted by molar-refractivity contribution is 8.03. The van der Waals surface area contributed by atoms with E-state index in [0.717, 1.165) is 11.3 Å². The predicted molar refractivity (Wildman–Crippen MR) is 135 cm³/mol. The molecule has 0 bridgehead atoms. The molecule has 1 fully saturated rings. The quantitative estimate of drug-likeness (QED) is 0.577. The van der Waals surface area contributed by atoms with Gasteiger partial charge in [0.15, 0.2) is 0 Å². The molecule has 1 aliphatic heterocycles. The molecule has 2 aromatic carbocycles. The average Bonchev–Trinajstić information content (AvgIpc) is 2.82. The molecule has 1 amide bonds. The van der Waals surface area contributed by atoms with Crippen molar-refractivity contribution in [1.29, 1.82) is 5.26 Å². The van der Waals surface area contributed by atoms with E-state index < -0.39 is 11.8 Å². The Morgan fingerprint density at radius 1 is 1.17 bits per heavy atom. The van der Waals surface area contributed by atoms with Crippen molar-refractivity contribution >= 4 is 34.9 Å². The summed E-state index contributed by atoms with van der Waals surface area (Å²) in [6.07, 6.45) is 1.06. The van der Waals surface area contributed by atoms with Gasteiger partial charge in [-0.2, -0.15) is 5.26 Å². The number of rotatable bonds is 6. The Balaban J connectivity index is 1.65. The molecule has 8 heteroatoms. The molecule has 1 N–H and O–H groups in total. The van der Waals surface area contributed by atoms with Gasteiger partial charge in [-0.05, 0) is 53.8 Å². The van der Waals surface area contributed by atoms with Crippen LogP contribution >= 0.6 is 11.8 Å². The zero-order valence-corrected chi connectivity index (χ0v) is 20.6. The molecule has 2 aromatic rings. The summed E-state index contributed by atoms with van der Waals surface area (Å²) in [5.74, 6) is -0.867. The highest BCUT2D eigenvalue weighted by Gasteiger charge is 2.46. The minimum atomic E-state index is -0.497. The van der Waals surface area contributed by atoms with E-state index in [1.54, 1.807) is 7.11 Å². The summed E-state index contributed by atoms with van der Waals surface area (Å²) in [6, 6.07) is 15.2. The van der Waals surface area contributed by atoms with Crippen molar-refractivity contribution in [2.45, 2.75) is 32.6 Å². The number of nitrogens with zero attached hydrogens (tertiary/aromatic N) is 2. The molecule has 1 heterocycles. The number of fused-ring (bicyclic) bond motifs is 1. The number of nitriles is 1. The number of aliphatic imine (C=N–C) groups is 1. The van der Waals surface area contributed by atoms with Gasteiger partial charge in [0.25, 0.3) is 0 Å². The fraction of sp³-hybridized carbons (Fsp3) is 0.333. The fourth-order valence-corrected chi connectivity index (χ4v) is 5.52. The molecule has 0 spiro atoms. The van der Waals surface area contributed by atoms with Crippen LogP contribution in [0.1, 0.15) is 38.2 Å². The van der Waals surface area contributed by atoms with E-state index in [0.29, 0.717) is 34.9 Å². The Hall–Kier alpha value is -3.44. The number of Topliss-reactive ketones (excluding diaryl/α,β-unsaturated/α-hetero) is 1. The van der Waals surface area contributed by atoms with Gasteiger partial charge in [0.2, 0.25) is 5.91 Å². The van der Waals surface area contributed by atoms with Crippen LogP contribution in [0.25, 0.3) is 0 Å². The molecule has 1 unspecified atom stereocenters. The molecule has 35 heavy (non-hydrogen) atoms. The van der Waals surface area contributed by atoms with Gasteiger partial charge in [-0.1, -0.05) is 37.7 Å². The summed E-state index contributed by atoms with van der Waals surface area (Å²) in [7, 11) is 1.58. The summed E-state index contributed by atoms with van der Waals surface area (Å²) in [5.41, 5.74) is 2.24. The monoisotopic (exact) mass is 491 g/mol. The summed E-state index contributed by atoms with van der Waals surface area (Å²) in [5, 5.41) is 13.3. The van der Waals surface area contributed by atoms with Crippen LogP contribution in [0.15, 0.2) is 64.1 Å². The second-order valence-electron chi connectivity index (χ2n) is 9.49. The normalized spacial score (nSPS) is 21.0. The number of halogens is 1. The molecule has 2 aliphatic rings. The molecular formula is C27H26FN3O3S. The Bertz CT molecular complexity index is 1240. The Kier molecular flexibility index (Phi) is 7.08. The molecule has 1 saturated carbocycles. The number of carbonyl (C=O) groups excluding carboxylic acids is 2. The SMILES string of the molecule is COc1ccc([C@H]2C(C#N)=C(SCC(=O)Nc3ccc(F)cc3)N=C3CC(C)(C)CC(=O)C32)cc1. The molecule has 0 radical (unpaired) electrons. The topological polar surface area (TPSA) is 91.5 Å². The maximum Gasteiger partial charge on any atom is 0.234 e. The van der Waals surface area contributed by atoms with Crippen LogP contribution in [0.2, 0.25) is 0 Å². The van der Waals surface area contributed by atoms with E-state index in [2.05, 4.69) is 11.4 Å². The van der Waals surface area contributed by atoms with Crippen LogP contribution in [0.5, 0.6) is 5.75 Å². The smallest absolute Gasteiger partial charge is 0.234 e. The van der Waals surface area contributed by atoms with Gasteiger partial charge >= 0.3 is 0 Å². The third-order valence-corrected chi connectivity index (χ3v) is 7.19. The minimum Gasteiger partial charge on any atom is -0.497 e. The van der Waals surface area contributed by atoms with Crippen LogP contribution in [-0.4, -0.2) is 30.3 Å². The van der Waals surface area contributed by atoms with Crippen molar-refractivity contribution in [1.82, 2.24) is 0 Å². The van der Waals surface area contributed by atoms with Gasteiger partial charge in [0.1, 0.15) is 22.4 Å². The first-order chi connectivity index (χ1) is 16.7. The molecule has 1 aliphatic carbocycles. The lowest BCUT2D eigenvalue weighted by Gasteiger charge is -2.40. The number of thioether (sulfide) groups is 1. The third kappa shape index (κ3) is 5.46. The number of methoxy groups -OCH3 is 1. The van der Waals surface area contributed by atoms with Crippen LogP contribution in [0.4, 0.5) is 10.1 Å². The maximum absolute atomic E-state index is 13.3. The second kappa shape index (κ2) is 10.0. The summed E-state index contributed by atoms with van der Waals surface area (Å²) >= 11 is 1.17. The number of carbonyl (C=O) groups is 2. The fourth-order valence-electron chi connectivity index (χ4n) is 4.67. The number of hydrogen-bond donors (Lipinski definition) is 1. The first-order valence-corrected chi connectivity index (χ1v) is 12.3. The van der Waals surface area contributed by atoms with E-state index in [1.807, 2.05) is 38.1 Å². The Morgan fingerprint density at radius 2 is 1.86 bits per heavy atom. The number of anilines is 1. The summed E-state index contributed by atoms with van der Waals surface area (Å²) < 4.78 is 18.4. The lowest BCUT2D eigenvalue weighted by atomic mass is 9.64. The summed E-state index contributed by atoms with van der Waals surface area (Å²) in [4.78, 5) is 30.6. The Morgan fingerprint density at radius 3 is 2.49 bits per heavy atom. The molecule has 0 aromatic heterocycles. The highest BCUT2D eigenvalue weighted by atomic mass is 32.2. The molecule has 4 rings (SSSR count). The second-order valence-corrected chi connectivity index (χ2v) is 10.5. The van der Waals surface area contributed by atoms with Crippen LogP contribution in [0, 0.1) is 28.5 Å². The predicted octanol–water partition coefficient (Wildman–Crippen LogP) is 5.48. The van der Waals surface area contributed by atoms with Gasteiger partial charge in [-0.25, -0.2) is 9.38 Å². The minimum absolute atomic E-state index is 0.0198. The van der Waals surface area contributed by atoms with Gasteiger partial charge in [0, 0.05) is 23.7 Å². The van der Waals surface area contributed by atoms with E-state index in [9.17, 15) is 19.2 Å². The van der Waals surface area contributed by atoms with E-state index in [1.165, 1.54) is 36.0 Å². The van der Waals surface area contributed by atoms with Crippen molar-refractivity contribution in [2.24, 2.45) is 16.3 Å². The van der Waals surface area contributed by atoms with Crippen molar-refractivity contribution in [3.8, 4) is 11.8 Å². The van der Waals surface area contributed by atoms with E-state index in [4.69, 9.17) is 9.73 Å². The molecule has 2 atom stereocenters. The molecule has 180 valence electrons. The molecule has 0 saturated heterocycles. The lowest BCUT2D eigenvalue weighted by molar-refractivity contribution is -0.124. The summed E-state index contributed by atoms with van der Waals surface area (Å²) in [6.45, 7) is 4.08. The van der Waals surface area contributed by atoms with Crippen molar-refractivity contribution in [3.05, 3.63) is 70.5 Å². The first kappa shape index (κ1) is 24.7. The Labute approximate surface area is 208 Å². The van der Waals surface area contributed by atoms with Crippen LogP contribution in [0.3, 0.4) is 0 Å². The average molecular weight is 492 g/mol. The zero-order valence-electron chi connectivity index (χ0n) is 19.8. The van der Waals surface area contributed by atoms with Gasteiger partial charge in [-0.15, -0.1) is 0 Å². The van der Waals surface area contributed by atoms with Crippen LogP contribution in [-0.2, 0) is 9.59 Å². The van der Waals surface area contributed by atoms with Crippen molar-refractivity contribution in [2.75, 3.05) is 18.2 Å². The maximum atomic E-state index is 13.3. The number of allylic oxidation sites excluding steroid dienone is 1. The molecule has 6 nitrogen and oxygen atoms in total. The number of ketones is 1. The zero-order chi connectivity index (χ0) is 25.2. The third-order valence-electron chi connectivity index (χ3n) is 6.20. The van der Waals surface area contributed by atoms with Gasteiger partial charge in [-0.3, -0.25) is 9.59 Å². The van der Waals surface area contributed by atoms with E-state index in [-0.39, 0.29) is 28.7 Å². The number of hydrogen-bond acceptors (Lipinski definition) is 6. The van der Waals surface area contributed by atoms with Crippen molar-refractivity contribution < 1.29 is 18.7 Å². The lowest BCUT2D eigenvalue weighted by Crippen LogP contribution is -2.42. The number of ether oxygens (including phenoxy) is 1. The standard InChI is InChI=1S/C27H26FN3O3S/c1-27(2)12-21-25(22(32)13-27)24(16-4-10-19(34-3)11-5-16)20(14-29)26(31-21)35-15-23(33)30-18-8-6-17(28)7-9-18/h4-11,24-25H,12-13,15H2,1-3H3,(H,30,33)/t24-,25?/m0/s1. The molecular weight excluding hydrogens is 465 g/mol. The van der Waals surface area contributed by atoms with Crippen molar-refractivity contribution in [3.63, 3.8) is 0 Å². The van der Waals surface area contributed by atoms with Gasteiger partial charge in [0.05, 0.1) is 30.4 Å². The first-order valence-electron chi connectivity index (χ1n) is 11.3. The highest BCUT2D eigenvalue weighted by Crippen LogP contribution is 2.48. The largest absolute Gasteiger partial charge is 0.497 e. The number of nitrogens with one attached hydrogen (secondary N) is 1. The number of amides is 1.